The van der Waals surface area contributed by atoms with Gasteiger partial charge in [0.2, 0.25) is 0 Å². The second kappa shape index (κ2) is 10.4. The molecule has 130 valence electrons. The monoisotopic (exact) mass is 497 g/mol. The lowest BCUT2D eigenvalue weighted by molar-refractivity contribution is 0.113. The fourth-order valence-electron chi connectivity index (χ4n) is 2.34. The SMILES string of the molecule is CC1CCN(C(N)=NCC(O)COc2ccccc2Br)CC1.I. The molecule has 0 aliphatic carbocycles. The molecule has 7 heteroatoms. The molecule has 3 N–H and O–H groups in total. The van der Waals surface area contributed by atoms with E-state index in [1.807, 2.05) is 24.3 Å². The first-order valence-corrected chi connectivity index (χ1v) is 8.46. The minimum Gasteiger partial charge on any atom is -0.490 e. The van der Waals surface area contributed by atoms with E-state index in [1.54, 1.807) is 0 Å². The Kier molecular flexibility index (Phi) is 9.23. The second-order valence-corrected chi connectivity index (χ2v) is 6.62. The first-order valence-electron chi connectivity index (χ1n) is 7.66. The lowest BCUT2D eigenvalue weighted by atomic mass is 10.00. The molecule has 1 saturated heterocycles. The molecule has 1 aromatic carbocycles. The van der Waals surface area contributed by atoms with E-state index in [1.165, 1.54) is 0 Å². The molecule has 2 rings (SSSR count). The quantitative estimate of drug-likeness (QED) is 0.373. The molecule has 1 fully saturated rings. The van der Waals surface area contributed by atoms with Crippen molar-refractivity contribution in [2.45, 2.75) is 25.9 Å². The number of nitrogens with two attached hydrogens (primary N) is 1. The highest BCUT2D eigenvalue weighted by Crippen LogP contribution is 2.23. The normalized spacial score (nSPS) is 17.5. The van der Waals surface area contributed by atoms with E-state index in [0.29, 0.717) is 11.7 Å². The Morgan fingerprint density at radius 2 is 2.09 bits per heavy atom. The van der Waals surface area contributed by atoms with Crippen molar-refractivity contribution in [1.29, 1.82) is 0 Å². The van der Waals surface area contributed by atoms with Gasteiger partial charge in [0.25, 0.3) is 0 Å². The number of aliphatic hydroxyl groups is 1. The van der Waals surface area contributed by atoms with Gasteiger partial charge >= 0.3 is 0 Å². The molecule has 0 aromatic heterocycles. The van der Waals surface area contributed by atoms with Crippen LogP contribution in [0.3, 0.4) is 0 Å². The van der Waals surface area contributed by atoms with Crippen LogP contribution in [0.1, 0.15) is 19.8 Å². The van der Waals surface area contributed by atoms with Crippen molar-refractivity contribution >= 4 is 45.9 Å². The van der Waals surface area contributed by atoms with Crippen LogP contribution in [0, 0.1) is 5.92 Å². The van der Waals surface area contributed by atoms with E-state index >= 15 is 0 Å². The molecule has 0 saturated carbocycles. The number of hydrogen-bond donors (Lipinski definition) is 2. The van der Waals surface area contributed by atoms with Crippen molar-refractivity contribution in [3.8, 4) is 5.75 Å². The van der Waals surface area contributed by atoms with Crippen molar-refractivity contribution in [2.24, 2.45) is 16.6 Å². The number of guanidine groups is 1. The molecule has 1 unspecified atom stereocenters. The molecule has 1 aliphatic heterocycles. The van der Waals surface area contributed by atoms with Crippen LogP contribution in [0.5, 0.6) is 5.75 Å². The van der Waals surface area contributed by atoms with E-state index in [4.69, 9.17) is 10.5 Å². The molecular weight excluding hydrogens is 473 g/mol. The molecule has 1 aliphatic rings. The van der Waals surface area contributed by atoms with Gasteiger partial charge in [0, 0.05) is 13.1 Å². The molecule has 1 atom stereocenters. The predicted molar refractivity (Wildman–Crippen MR) is 108 cm³/mol. The van der Waals surface area contributed by atoms with Crippen LogP contribution in [-0.4, -0.2) is 48.3 Å². The highest BCUT2D eigenvalue weighted by molar-refractivity contribution is 14.0. The number of benzene rings is 1. The number of likely N-dealkylation sites (tertiary alicyclic amines) is 1. The third kappa shape index (κ3) is 6.84. The number of hydrogen-bond acceptors (Lipinski definition) is 3. The average molecular weight is 498 g/mol. The maximum absolute atomic E-state index is 9.97. The maximum Gasteiger partial charge on any atom is 0.191 e. The lowest BCUT2D eigenvalue weighted by Gasteiger charge is -2.31. The van der Waals surface area contributed by atoms with Crippen LogP contribution in [0.25, 0.3) is 0 Å². The van der Waals surface area contributed by atoms with E-state index in [0.717, 1.165) is 36.3 Å². The maximum atomic E-state index is 9.97. The summed E-state index contributed by atoms with van der Waals surface area (Å²) in [5.74, 6) is 1.99. The van der Waals surface area contributed by atoms with E-state index in [-0.39, 0.29) is 37.1 Å². The molecule has 0 bridgehead atoms. The summed E-state index contributed by atoms with van der Waals surface area (Å²) in [5.41, 5.74) is 5.99. The van der Waals surface area contributed by atoms with Crippen LogP contribution in [0.4, 0.5) is 0 Å². The van der Waals surface area contributed by atoms with E-state index in [2.05, 4.69) is 32.7 Å². The Balaban J connectivity index is 0.00000264. The Morgan fingerprint density at radius 1 is 1.43 bits per heavy atom. The number of piperidine rings is 1. The van der Waals surface area contributed by atoms with Crippen LogP contribution in [-0.2, 0) is 0 Å². The van der Waals surface area contributed by atoms with E-state index < -0.39 is 6.10 Å². The summed E-state index contributed by atoms with van der Waals surface area (Å²) >= 11 is 3.40. The molecule has 5 nitrogen and oxygen atoms in total. The topological polar surface area (TPSA) is 71.1 Å². The van der Waals surface area contributed by atoms with Gasteiger partial charge < -0.3 is 20.5 Å². The Morgan fingerprint density at radius 3 is 2.74 bits per heavy atom. The molecular formula is C16H25BrIN3O2. The summed E-state index contributed by atoms with van der Waals surface area (Å²) in [6.07, 6.45) is 1.61. The molecule has 0 spiro atoms. The largest absolute Gasteiger partial charge is 0.490 e. The van der Waals surface area contributed by atoms with Crippen molar-refractivity contribution in [1.82, 2.24) is 4.90 Å². The smallest absolute Gasteiger partial charge is 0.191 e. The van der Waals surface area contributed by atoms with Crippen LogP contribution >= 0.6 is 39.9 Å². The van der Waals surface area contributed by atoms with Crippen molar-refractivity contribution in [2.75, 3.05) is 26.2 Å². The zero-order chi connectivity index (χ0) is 15.9. The first-order chi connectivity index (χ1) is 10.6. The third-order valence-corrected chi connectivity index (χ3v) is 4.49. The number of halogens is 2. The van der Waals surface area contributed by atoms with Gasteiger partial charge in [-0.1, -0.05) is 19.1 Å². The highest BCUT2D eigenvalue weighted by Gasteiger charge is 2.17. The minimum absolute atomic E-state index is 0. The van der Waals surface area contributed by atoms with Gasteiger partial charge in [-0.25, -0.2) is 0 Å². The number of aliphatic hydroxyl groups excluding tert-OH is 1. The van der Waals surface area contributed by atoms with Gasteiger partial charge in [-0.3, -0.25) is 4.99 Å². The molecule has 0 amide bonds. The summed E-state index contributed by atoms with van der Waals surface area (Å²) in [7, 11) is 0. The summed E-state index contributed by atoms with van der Waals surface area (Å²) in [5, 5.41) is 9.97. The number of nitrogens with zero attached hydrogens (tertiary/aromatic N) is 2. The number of ether oxygens (including phenoxy) is 1. The molecule has 23 heavy (non-hydrogen) atoms. The lowest BCUT2D eigenvalue weighted by Crippen LogP contribution is -2.43. The Hall–Kier alpha value is -0.540. The third-order valence-electron chi connectivity index (χ3n) is 3.84. The van der Waals surface area contributed by atoms with Gasteiger partial charge in [-0.15, -0.1) is 24.0 Å². The van der Waals surface area contributed by atoms with Crippen molar-refractivity contribution in [3.63, 3.8) is 0 Å². The fourth-order valence-corrected chi connectivity index (χ4v) is 2.74. The van der Waals surface area contributed by atoms with Gasteiger partial charge in [-0.2, -0.15) is 0 Å². The van der Waals surface area contributed by atoms with Crippen LogP contribution in [0.15, 0.2) is 33.7 Å². The van der Waals surface area contributed by atoms with Crippen LogP contribution in [0.2, 0.25) is 0 Å². The average Bonchev–Trinajstić information content (AvgIpc) is 2.52. The Bertz CT molecular complexity index is 508. The first kappa shape index (κ1) is 20.5. The van der Waals surface area contributed by atoms with Gasteiger partial charge in [0.15, 0.2) is 5.96 Å². The number of para-hydroxylation sites is 1. The predicted octanol–water partition coefficient (Wildman–Crippen LogP) is 2.85. The molecule has 1 aromatic rings. The standard InChI is InChI=1S/C16H24BrN3O2.HI/c1-12-6-8-20(9-7-12)16(18)19-10-13(21)11-22-15-5-3-2-4-14(15)17;/h2-5,12-13,21H,6-11H2,1H3,(H2,18,19);1H. The summed E-state index contributed by atoms with van der Waals surface area (Å²) < 4.78 is 6.44. The van der Waals surface area contributed by atoms with Gasteiger partial charge in [0.1, 0.15) is 18.5 Å². The van der Waals surface area contributed by atoms with Crippen molar-refractivity contribution < 1.29 is 9.84 Å². The second-order valence-electron chi connectivity index (χ2n) is 5.76. The minimum atomic E-state index is -0.672. The van der Waals surface area contributed by atoms with Gasteiger partial charge in [-0.05, 0) is 46.8 Å². The van der Waals surface area contributed by atoms with Crippen molar-refractivity contribution in [3.05, 3.63) is 28.7 Å². The van der Waals surface area contributed by atoms with Gasteiger partial charge in [0.05, 0.1) is 11.0 Å². The molecule has 1 heterocycles. The van der Waals surface area contributed by atoms with E-state index in [9.17, 15) is 5.11 Å². The molecule has 0 radical (unpaired) electrons. The highest BCUT2D eigenvalue weighted by atomic mass is 127. The summed E-state index contributed by atoms with van der Waals surface area (Å²) in [6, 6.07) is 7.55. The summed E-state index contributed by atoms with van der Waals surface area (Å²) in [4.78, 5) is 6.37. The number of rotatable bonds is 5. The zero-order valence-corrected chi connectivity index (χ0v) is 17.2. The number of aliphatic imine (C=N–C) groups is 1. The fraction of sp³-hybridized carbons (Fsp3) is 0.562. The summed E-state index contributed by atoms with van der Waals surface area (Å²) in [6.45, 7) is 4.59. The zero-order valence-electron chi connectivity index (χ0n) is 13.3. The van der Waals surface area contributed by atoms with Crippen LogP contribution < -0.4 is 10.5 Å². The Labute approximate surface area is 163 Å².